The molecule has 30 heavy (non-hydrogen) atoms. The van der Waals surface area contributed by atoms with Crippen LogP contribution in [0.5, 0.6) is 0 Å². The van der Waals surface area contributed by atoms with Crippen molar-refractivity contribution in [1.29, 1.82) is 0 Å². The van der Waals surface area contributed by atoms with Crippen LogP contribution in [0.4, 0.5) is 0 Å². The fourth-order valence-electron chi connectivity index (χ4n) is 4.08. The van der Waals surface area contributed by atoms with Gasteiger partial charge in [-0.1, -0.05) is 110 Å². The van der Waals surface area contributed by atoms with Gasteiger partial charge in [-0.25, -0.2) is 0 Å². The molecule has 0 aliphatic carbocycles. The van der Waals surface area contributed by atoms with Gasteiger partial charge in [-0.2, -0.15) is 0 Å². The number of carboxylic acids is 1. The molecular weight excluding hydrogens is 376 g/mol. The second-order valence-electron chi connectivity index (χ2n) is 9.26. The van der Waals surface area contributed by atoms with Gasteiger partial charge >= 0.3 is 5.97 Å². The van der Waals surface area contributed by atoms with Crippen LogP contribution in [0.1, 0.15) is 148 Å². The van der Waals surface area contributed by atoms with E-state index < -0.39 is 5.97 Å². The highest BCUT2D eigenvalue weighted by atomic mass is 16.4. The first kappa shape index (κ1) is 29.4. The maximum absolute atomic E-state index is 10.4. The highest BCUT2D eigenvalue weighted by Crippen LogP contribution is 2.16. The predicted octanol–water partition coefficient (Wildman–Crippen LogP) is 7.39. The average molecular weight is 429 g/mol. The molecule has 0 aliphatic rings. The summed E-state index contributed by atoms with van der Waals surface area (Å²) in [5.41, 5.74) is 0. The van der Waals surface area contributed by atoms with Gasteiger partial charge in [0.25, 0.3) is 0 Å². The van der Waals surface area contributed by atoms with Gasteiger partial charge in [-0.3, -0.25) is 4.79 Å². The molecule has 0 amide bonds. The topological polar surface area (TPSA) is 77.8 Å². The molecule has 0 aromatic rings. The average Bonchev–Trinajstić information content (AvgIpc) is 2.72. The number of unbranched alkanes of at least 4 members (excludes halogenated alkanes) is 15. The summed E-state index contributed by atoms with van der Waals surface area (Å²) in [6.07, 6.45) is 23.5. The first-order valence-electron chi connectivity index (χ1n) is 13.1. The Balaban J connectivity index is 3.31. The number of hydrogen-bond acceptors (Lipinski definition) is 3. The molecule has 0 aliphatic heterocycles. The summed E-state index contributed by atoms with van der Waals surface area (Å²) < 4.78 is 0. The van der Waals surface area contributed by atoms with Crippen LogP contribution in [0.15, 0.2) is 0 Å². The molecule has 4 heteroatoms. The number of aliphatic hydroxyl groups excluding tert-OH is 2. The molecule has 4 nitrogen and oxygen atoms in total. The highest BCUT2D eigenvalue weighted by molar-refractivity contribution is 5.66. The van der Waals surface area contributed by atoms with Crippen molar-refractivity contribution in [3.05, 3.63) is 0 Å². The molecule has 0 aromatic heterocycles. The van der Waals surface area contributed by atoms with E-state index in [1.165, 1.54) is 64.2 Å². The zero-order chi connectivity index (χ0) is 22.3. The lowest BCUT2D eigenvalue weighted by molar-refractivity contribution is -0.137. The minimum atomic E-state index is -0.697. The second kappa shape index (κ2) is 23.1. The Morgan fingerprint density at radius 3 is 1.23 bits per heavy atom. The van der Waals surface area contributed by atoms with Crippen LogP contribution in [0.25, 0.3) is 0 Å². The molecule has 0 aromatic carbocycles. The Labute approximate surface area is 186 Å². The summed E-state index contributed by atoms with van der Waals surface area (Å²) in [6.45, 7) is 2.26. The Hall–Kier alpha value is -0.610. The van der Waals surface area contributed by atoms with Crippen molar-refractivity contribution in [3.8, 4) is 0 Å². The van der Waals surface area contributed by atoms with Crippen LogP contribution in [-0.4, -0.2) is 33.5 Å². The van der Waals surface area contributed by atoms with Crippen molar-refractivity contribution >= 4 is 5.97 Å². The van der Waals surface area contributed by atoms with Gasteiger partial charge in [0.2, 0.25) is 0 Å². The van der Waals surface area contributed by atoms with Gasteiger partial charge in [0, 0.05) is 6.42 Å². The van der Waals surface area contributed by atoms with Gasteiger partial charge in [0.15, 0.2) is 0 Å². The number of aliphatic hydroxyl groups is 2. The lowest BCUT2D eigenvalue weighted by Gasteiger charge is -2.14. The van der Waals surface area contributed by atoms with Crippen LogP contribution >= 0.6 is 0 Å². The molecule has 0 radical (unpaired) electrons. The molecule has 0 saturated carbocycles. The molecule has 0 saturated heterocycles. The van der Waals surface area contributed by atoms with Crippen LogP contribution < -0.4 is 0 Å². The van der Waals surface area contributed by atoms with Gasteiger partial charge in [0.1, 0.15) is 0 Å². The van der Waals surface area contributed by atoms with E-state index in [0.29, 0.717) is 6.42 Å². The van der Waals surface area contributed by atoms with Crippen molar-refractivity contribution in [1.82, 2.24) is 0 Å². The monoisotopic (exact) mass is 428 g/mol. The van der Waals surface area contributed by atoms with E-state index in [2.05, 4.69) is 6.92 Å². The van der Waals surface area contributed by atoms with E-state index in [-0.39, 0.29) is 18.6 Å². The zero-order valence-electron chi connectivity index (χ0n) is 20.0. The van der Waals surface area contributed by atoms with E-state index in [1.54, 1.807) is 0 Å². The maximum atomic E-state index is 10.4. The second-order valence-corrected chi connectivity index (χ2v) is 9.26. The molecule has 180 valence electrons. The standard InChI is InChI=1S/C26H52O4/c1-2-3-4-5-6-7-8-10-13-16-19-24(27)22-23-25(28)20-17-14-11-9-12-15-18-21-26(29)30/h24-25,27-28H,2-23H2,1H3,(H,29,30). The van der Waals surface area contributed by atoms with E-state index in [4.69, 9.17) is 5.11 Å². The Morgan fingerprint density at radius 1 is 0.533 bits per heavy atom. The van der Waals surface area contributed by atoms with Crippen LogP contribution in [0.2, 0.25) is 0 Å². The first-order chi connectivity index (χ1) is 14.6. The lowest BCUT2D eigenvalue weighted by Crippen LogP contribution is -2.13. The van der Waals surface area contributed by atoms with Gasteiger partial charge in [-0.15, -0.1) is 0 Å². The van der Waals surface area contributed by atoms with Gasteiger partial charge in [-0.05, 0) is 32.1 Å². The largest absolute Gasteiger partial charge is 0.481 e. The van der Waals surface area contributed by atoms with Crippen LogP contribution in [-0.2, 0) is 4.79 Å². The van der Waals surface area contributed by atoms with Crippen molar-refractivity contribution in [2.45, 2.75) is 160 Å². The molecule has 3 N–H and O–H groups in total. The third-order valence-corrected chi connectivity index (χ3v) is 6.15. The SMILES string of the molecule is CCCCCCCCCCCCC(O)CCC(O)CCCCCCCCCC(=O)O. The maximum Gasteiger partial charge on any atom is 0.303 e. The summed E-state index contributed by atoms with van der Waals surface area (Å²) in [7, 11) is 0. The third-order valence-electron chi connectivity index (χ3n) is 6.15. The number of carboxylic acid groups (broad SMARTS) is 1. The van der Waals surface area contributed by atoms with Crippen molar-refractivity contribution < 1.29 is 20.1 Å². The van der Waals surface area contributed by atoms with Crippen molar-refractivity contribution in [2.24, 2.45) is 0 Å². The third kappa shape index (κ3) is 23.7. The van der Waals surface area contributed by atoms with Crippen molar-refractivity contribution in [2.75, 3.05) is 0 Å². The van der Waals surface area contributed by atoms with Gasteiger partial charge < -0.3 is 15.3 Å². The summed E-state index contributed by atoms with van der Waals surface area (Å²) in [6, 6.07) is 0. The summed E-state index contributed by atoms with van der Waals surface area (Å²) in [5.74, 6) is -0.697. The lowest BCUT2D eigenvalue weighted by atomic mass is 10.00. The Bertz CT molecular complexity index is 359. The molecule has 0 fully saturated rings. The molecule has 0 spiro atoms. The Morgan fingerprint density at radius 2 is 0.867 bits per heavy atom. The predicted molar refractivity (Wildman–Crippen MR) is 127 cm³/mol. The van der Waals surface area contributed by atoms with Crippen LogP contribution in [0.3, 0.4) is 0 Å². The van der Waals surface area contributed by atoms with Crippen molar-refractivity contribution in [3.63, 3.8) is 0 Å². The number of rotatable bonds is 24. The fourth-order valence-corrected chi connectivity index (χ4v) is 4.08. The van der Waals surface area contributed by atoms with E-state index >= 15 is 0 Å². The Kier molecular flexibility index (Phi) is 22.6. The number of carbonyl (C=O) groups is 1. The normalized spacial score (nSPS) is 13.4. The zero-order valence-corrected chi connectivity index (χ0v) is 20.0. The van der Waals surface area contributed by atoms with Crippen LogP contribution in [0, 0.1) is 0 Å². The summed E-state index contributed by atoms with van der Waals surface area (Å²) >= 11 is 0. The molecule has 0 rings (SSSR count). The highest BCUT2D eigenvalue weighted by Gasteiger charge is 2.09. The molecule has 0 bridgehead atoms. The minimum Gasteiger partial charge on any atom is -0.481 e. The van der Waals surface area contributed by atoms with E-state index in [0.717, 1.165) is 64.2 Å². The fraction of sp³-hybridized carbons (Fsp3) is 0.962. The number of hydrogen-bond donors (Lipinski definition) is 3. The molecule has 2 unspecified atom stereocenters. The van der Waals surface area contributed by atoms with Gasteiger partial charge in [0.05, 0.1) is 12.2 Å². The summed E-state index contributed by atoms with van der Waals surface area (Å²) in [4.78, 5) is 10.4. The first-order valence-corrected chi connectivity index (χ1v) is 13.1. The molecular formula is C26H52O4. The van der Waals surface area contributed by atoms with E-state index in [1.807, 2.05) is 0 Å². The molecule has 2 atom stereocenters. The molecule has 0 heterocycles. The number of aliphatic carboxylic acids is 1. The minimum absolute atomic E-state index is 0.250. The summed E-state index contributed by atoms with van der Waals surface area (Å²) in [5, 5.41) is 28.8. The smallest absolute Gasteiger partial charge is 0.303 e. The van der Waals surface area contributed by atoms with E-state index in [9.17, 15) is 15.0 Å². The quantitative estimate of drug-likeness (QED) is 0.140.